The van der Waals surface area contributed by atoms with Crippen molar-refractivity contribution in [1.29, 1.82) is 0 Å². The minimum Gasteiger partial charge on any atom is -0.497 e. The summed E-state index contributed by atoms with van der Waals surface area (Å²) in [6.07, 6.45) is 0.819. The van der Waals surface area contributed by atoms with Crippen molar-refractivity contribution in [2.45, 2.75) is 13.3 Å². The van der Waals surface area contributed by atoms with Gasteiger partial charge >= 0.3 is 0 Å². The number of ether oxygens (including phenoxy) is 1. The molecule has 1 amide bonds. The SMILES string of the molecule is COc1cccc(Nc2nc(-c3ccc(CCNC(C)=O)cc3)cs2)c1. The number of benzene rings is 2. The molecule has 0 aliphatic rings. The zero-order chi connectivity index (χ0) is 18.4. The van der Waals surface area contributed by atoms with Gasteiger partial charge in [-0.15, -0.1) is 11.3 Å². The van der Waals surface area contributed by atoms with E-state index in [1.807, 2.05) is 29.6 Å². The number of amides is 1. The fraction of sp³-hybridized carbons (Fsp3) is 0.200. The lowest BCUT2D eigenvalue weighted by Gasteiger charge is -2.05. The number of thiazole rings is 1. The quantitative estimate of drug-likeness (QED) is 0.656. The largest absolute Gasteiger partial charge is 0.497 e. The van der Waals surface area contributed by atoms with Crippen LogP contribution in [0.25, 0.3) is 11.3 Å². The highest BCUT2D eigenvalue weighted by Crippen LogP contribution is 2.28. The second-order valence-corrected chi connectivity index (χ2v) is 6.68. The lowest BCUT2D eigenvalue weighted by atomic mass is 10.1. The Morgan fingerprint density at radius 1 is 1.19 bits per heavy atom. The first-order chi connectivity index (χ1) is 12.6. The number of hydrogen-bond donors (Lipinski definition) is 2. The molecule has 0 aliphatic carbocycles. The van der Waals surface area contributed by atoms with Crippen molar-refractivity contribution in [3.63, 3.8) is 0 Å². The average Bonchev–Trinajstić information content (AvgIpc) is 3.10. The van der Waals surface area contributed by atoms with Crippen LogP contribution >= 0.6 is 11.3 Å². The number of carbonyl (C=O) groups excluding carboxylic acids is 1. The van der Waals surface area contributed by atoms with E-state index >= 15 is 0 Å². The number of methoxy groups -OCH3 is 1. The summed E-state index contributed by atoms with van der Waals surface area (Å²) in [6, 6.07) is 16.0. The minimum absolute atomic E-state index is 0.000147. The molecule has 3 rings (SSSR count). The second-order valence-electron chi connectivity index (χ2n) is 5.82. The Labute approximate surface area is 157 Å². The van der Waals surface area contributed by atoms with E-state index in [1.54, 1.807) is 18.4 Å². The summed E-state index contributed by atoms with van der Waals surface area (Å²) in [5.74, 6) is 0.807. The van der Waals surface area contributed by atoms with Crippen LogP contribution in [0, 0.1) is 0 Å². The number of hydrogen-bond acceptors (Lipinski definition) is 5. The van der Waals surface area contributed by atoms with Crippen LogP contribution in [0.4, 0.5) is 10.8 Å². The van der Waals surface area contributed by atoms with Crippen molar-refractivity contribution >= 4 is 28.1 Å². The molecule has 26 heavy (non-hydrogen) atoms. The first-order valence-electron chi connectivity index (χ1n) is 8.34. The molecular formula is C20H21N3O2S. The molecule has 6 heteroatoms. The van der Waals surface area contributed by atoms with Crippen molar-refractivity contribution in [2.75, 3.05) is 19.0 Å². The second kappa shape index (κ2) is 8.49. The smallest absolute Gasteiger partial charge is 0.216 e. The van der Waals surface area contributed by atoms with E-state index in [1.165, 1.54) is 12.5 Å². The summed E-state index contributed by atoms with van der Waals surface area (Å²) >= 11 is 1.56. The summed E-state index contributed by atoms with van der Waals surface area (Å²) < 4.78 is 5.24. The molecule has 0 saturated carbocycles. The van der Waals surface area contributed by atoms with Crippen LogP contribution in [0.5, 0.6) is 5.75 Å². The molecular weight excluding hydrogens is 346 g/mol. The van der Waals surface area contributed by atoms with Crippen molar-refractivity contribution in [3.05, 3.63) is 59.5 Å². The highest BCUT2D eigenvalue weighted by Gasteiger charge is 2.06. The van der Waals surface area contributed by atoms with Gasteiger partial charge in [-0.1, -0.05) is 30.3 Å². The lowest BCUT2D eigenvalue weighted by molar-refractivity contribution is -0.118. The zero-order valence-corrected chi connectivity index (χ0v) is 15.6. The number of anilines is 2. The normalized spacial score (nSPS) is 10.4. The molecule has 0 radical (unpaired) electrons. The van der Waals surface area contributed by atoms with Crippen molar-refractivity contribution in [2.24, 2.45) is 0 Å². The number of aromatic nitrogens is 1. The fourth-order valence-electron chi connectivity index (χ4n) is 2.51. The van der Waals surface area contributed by atoms with Gasteiger partial charge in [-0.3, -0.25) is 4.79 Å². The third-order valence-electron chi connectivity index (χ3n) is 3.86. The molecule has 0 fully saturated rings. The zero-order valence-electron chi connectivity index (χ0n) is 14.8. The first-order valence-corrected chi connectivity index (χ1v) is 9.22. The third kappa shape index (κ3) is 4.83. The molecule has 3 aromatic rings. The molecule has 2 aromatic carbocycles. The van der Waals surface area contributed by atoms with Gasteiger partial charge in [-0.05, 0) is 24.1 Å². The summed E-state index contributed by atoms with van der Waals surface area (Å²) in [4.78, 5) is 15.6. The fourth-order valence-corrected chi connectivity index (χ4v) is 3.25. The lowest BCUT2D eigenvalue weighted by Crippen LogP contribution is -2.22. The van der Waals surface area contributed by atoms with Gasteiger partial charge in [0.15, 0.2) is 5.13 Å². The van der Waals surface area contributed by atoms with Crippen LogP contribution in [-0.2, 0) is 11.2 Å². The summed E-state index contributed by atoms with van der Waals surface area (Å²) in [7, 11) is 1.65. The van der Waals surface area contributed by atoms with Crippen molar-refractivity contribution in [1.82, 2.24) is 10.3 Å². The van der Waals surface area contributed by atoms with Crippen LogP contribution < -0.4 is 15.4 Å². The Balaban J connectivity index is 1.64. The van der Waals surface area contributed by atoms with Gasteiger partial charge in [0.2, 0.25) is 5.91 Å². The van der Waals surface area contributed by atoms with Gasteiger partial charge in [0.25, 0.3) is 0 Å². The predicted molar refractivity (Wildman–Crippen MR) is 106 cm³/mol. The summed E-state index contributed by atoms with van der Waals surface area (Å²) in [6.45, 7) is 2.18. The Morgan fingerprint density at radius 3 is 2.73 bits per heavy atom. The number of nitrogens with one attached hydrogen (secondary N) is 2. The summed E-state index contributed by atoms with van der Waals surface area (Å²) in [5.41, 5.74) is 4.14. The standard InChI is InChI=1S/C20H21N3O2S/c1-14(24)21-11-10-15-6-8-16(9-7-15)19-13-26-20(23-19)22-17-4-3-5-18(12-17)25-2/h3-9,12-13H,10-11H2,1-2H3,(H,21,24)(H,22,23). The van der Waals surface area contributed by atoms with Gasteiger partial charge < -0.3 is 15.4 Å². The third-order valence-corrected chi connectivity index (χ3v) is 4.62. The van der Waals surface area contributed by atoms with E-state index in [-0.39, 0.29) is 5.91 Å². The Kier molecular flexibility index (Phi) is 5.86. The molecule has 0 aliphatic heterocycles. The van der Waals surface area contributed by atoms with Gasteiger partial charge in [0.1, 0.15) is 5.75 Å². The molecule has 1 heterocycles. The Hall–Kier alpha value is -2.86. The molecule has 0 atom stereocenters. The molecule has 5 nitrogen and oxygen atoms in total. The monoisotopic (exact) mass is 367 g/mol. The van der Waals surface area contributed by atoms with Crippen molar-refractivity contribution in [3.8, 4) is 17.0 Å². The topological polar surface area (TPSA) is 63.2 Å². The maximum Gasteiger partial charge on any atom is 0.216 e. The number of nitrogens with zero attached hydrogens (tertiary/aromatic N) is 1. The molecule has 0 unspecified atom stereocenters. The van der Waals surface area contributed by atoms with E-state index in [9.17, 15) is 4.79 Å². The highest BCUT2D eigenvalue weighted by atomic mass is 32.1. The van der Waals surface area contributed by atoms with Gasteiger partial charge in [-0.25, -0.2) is 4.98 Å². The van der Waals surface area contributed by atoms with Crippen LogP contribution in [0.3, 0.4) is 0 Å². The molecule has 134 valence electrons. The van der Waals surface area contributed by atoms with Crippen LogP contribution in [0.1, 0.15) is 12.5 Å². The predicted octanol–water partition coefficient (Wildman–Crippen LogP) is 4.24. The highest BCUT2D eigenvalue weighted by molar-refractivity contribution is 7.14. The maximum absolute atomic E-state index is 10.9. The Bertz CT molecular complexity index is 875. The first kappa shape index (κ1) is 17.9. The van der Waals surface area contributed by atoms with E-state index in [2.05, 4.69) is 39.9 Å². The van der Waals surface area contributed by atoms with Gasteiger partial charge in [-0.2, -0.15) is 0 Å². The van der Waals surface area contributed by atoms with E-state index in [0.29, 0.717) is 6.54 Å². The Morgan fingerprint density at radius 2 is 2.00 bits per heavy atom. The molecule has 0 spiro atoms. The van der Waals surface area contributed by atoms with Crippen LogP contribution in [0.2, 0.25) is 0 Å². The van der Waals surface area contributed by atoms with Crippen LogP contribution in [-0.4, -0.2) is 24.5 Å². The minimum atomic E-state index is 0.000147. The van der Waals surface area contributed by atoms with Gasteiger partial charge in [0, 0.05) is 36.2 Å². The molecule has 0 saturated heterocycles. The maximum atomic E-state index is 10.9. The van der Waals surface area contributed by atoms with E-state index in [4.69, 9.17) is 4.74 Å². The molecule has 2 N–H and O–H groups in total. The van der Waals surface area contributed by atoms with Crippen molar-refractivity contribution < 1.29 is 9.53 Å². The molecule has 1 aromatic heterocycles. The van der Waals surface area contributed by atoms with E-state index < -0.39 is 0 Å². The van der Waals surface area contributed by atoms with Gasteiger partial charge in [0.05, 0.1) is 12.8 Å². The van der Waals surface area contributed by atoms with Crippen LogP contribution in [0.15, 0.2) is 53.9 Å². The summed E-state index contributed by atoms with van der Waals surface area (Å²) in [5, 5.41) is 8.99. The average molecular weight is 367 g/mol. The van der Waals surface area contributed by atoms with E-state index in [0.717, 1.165) is 34.2 Å². The number of rotatable bonds is 7. The number of carbonyl (C=O) groups is 1. The molecule has 0 bridgehead atoms.